The molecule has 1 N–H and O–H groups in total. The van der Waals surface area contributed by atoms with E-state index < -0.39 is 0 Å². The molecule has 1 aliphatic heterocycles. The van der Waals surface area contributed by atoms with Gasteiger partial charge in [0.1, 0.15) is 0 Å². The Morgan fingerprint density at radius 2 is 2.38 bits per heavy atom. The second-order valence-electron chi connectivity index (χ2n) is 5.18. The van der Waals surface area contributed by atoms with Crippen LogP contribution in [0, 0.1) is 5.92 Å². The molecule has 1 heterocycles. The lowest BCUT2D eigenvalue weighted by Gasteiger charge is -2.22. The summed E-state index contributed by atoms with van der Waals surface area (Å²) in [5.74, 6) is 0.779. The zero-order valence-electron chi connectivity index (χ0n) is 10.5. The molecule has 2 atom stereocenters. The van der Waals surface area contributed by atoms with E-state index in [-0.39, 0.29) is 0 Å². The van der Waals surface area contributed by atoms with E-state index in [1.165, 1.54) is 44.9 Å². The maximum absolute atomic E-state index is 5.47. The van der Waals surface area contributed by atoms with Crippen LogP contribution in [0.3, 0.4) is 0 Å². The topological polar surface area (TPSA) is 21.3 Å². The minimum atomic E-state index is 0.602. The Morgan fingerprint density at radius 1 is 1.44 bits per heavy atom. The van der Waals surface area contributed by atoms with Crippen molar-refractivity contribution in [2.75, 3.05) is 20.3 Å². The van der Waals surface area contributed by atoms with Gasteiger partial charge in [0.2, 0.25) is 0 Å². The molecule has 0 aromatic heterocycles. The standard InChI is InChI=1S/C14H25NO/c1-15-14(10-12-8-9-16-11-12)13-6-4-2-3-5-7-13/h6,12,14-15H,2-5,7-11H2,1H3. The number of rotatable bonds is 4. The molecule has 16 heavy (non-hydrogen) atoms. The monoisotopic (exact) mass is 223 g/mol. The van der Waals surface area contributed by atoms with Crippen LogP contribution in [-0.2, 0) is 4.74 Å². The highest BCUT2D eigenvalue weighted by molar-refractivity contribution is 5.12. The van der Waals surface area contributed by atoms with Crippen LogP contribution >= 0.6 is 0 Å². The quantitative estimate of drug-likeness (QED) is 0.740. The van der Waals surface area contributed by atoms with E-state index in [9.17, 15) is 0 Å². The van der Waals surface area contributed by atoms with Crippen LogP contribution in [0.2, 0.25) is 0 Å². The van der Waals surface area contributed by atoms with Crippen molar-refractivity contribution in [2.45, 2.75) is 51.0 Å². The van der Waals surface area contributed by atoms with Gasteiger partial charge in [-0.2, -0.15) is 0 Å². The predicted octanol–water partition coefficient (Wildman–Crippen LogP) is 2.89. The normalized spacial score (nSPS) is 28.6. The Kier molecular flexibility index (Phi) is 4.86. The fraction of sp³-hybridized carbons (Fsp3) is 0.857. The number of hydrogen-bond donors (Lipinski definition) is 1. The van der Waals surface area contributed by atoms with Gasteiger partial charge in [0.05, 0.1) is 0 Å². The summed E-state index contributed by atoms with van der Waals surface area (Å²) in [6.07, 6.45) is 11.8. The number of nitrogens with one attached hydrogen (secondary N) is 1. The van der Waals surface area contributed by atoms with E-state index in [0.717, 1.165) is 19.1 Å². The van der Waals surface area contributed by atoms with Crippen molar-refractivity contribution in [3.8, 4) is 0 Å². The van der Waals surface area contributed by atoms with Crippen molar-refractivity contribution in [1.82, 2.24) is 5.32 Å². The van der Waals surface area contributed by atoms with Gasteiger partial charge in [-0.15, -0.1) is 0 Å². The zero-order chi connectivity index (χ0) is 11.2. The summed E-state index contributed by atoms with van der Waals surface area (Å²) in [7, 11) is 2.10. The van der Waals surface area contributed by atoms with Crippen LogP contribution in [0.4, 0.5) is 0 Å². The maximum atomic E-state index is 5.47. The predicted molar refractivity (Wildman–Crippen MR) is 67.6 cm³/mol. The maximum Gasteiger partial charge on any atom is 0.0495 e. The molecular formula is C14H25NO. The summed E-state index contributed by atoms with van der Waals surface area (Å²) < 4.78 is 5.47. The third-order valence-electron chi connectivity index (χ3n) is 3.97. The fourth-order valence-electron chi connectivity index (χ4n) is 2.91. The van der Waals surface area contributed by atoms with Gasteiger partial charge in [-0.1, -0.05) is 18.1 Å². The second-order valence-corrected chi connectivity index (χ2v) is 5.18. The number of allylic oxidation sites excluding steroid dienone is 1. The smallest absolute Gasteiger partial charge is 0.0495 e. The van der Waals surface area contributed by atoms with Crippen molar-refractivity contribution < 1.29 is 4.74 Å². The molecule has 0 radical (unpaired) electrons. The van der Waals surface area contributed by atoms with Crippen molar-refractivity contribution in [1.29, 1.82) is 0 Å². The fourth-order valence-corrected chi connectivity index (χ4v) is 2.91. The molecule has 2 rings (SSSR count). The van der Waals surface area contributed by atoms with Gasteiger partial charge in [0, 0.05) is 19.3 Å². The first-order chi connectivity index (χ1) is 7.90. The Bertz CT molecular complexity index is 231. The molecule has 0 spiro atoms. The number of ether oxygens (including phenoxy) is 1. The van der Waals surface area contributed by atoms with Crippen molar-refractivity contribution >= 4 is 0 Å². The summed E-state index contributed by atoms with van der Waals surface area (Å²) in [4.78, 5) is 0. The van der Waals surface area contributed by atoms with E-state index in [0.29, 0.717) is 6.04 Å². The molecule has 92 valence electrons. The first-order valence-electron chi connectivity index (χ1n) is 6.84. The molecule has 0 amide bonds. The van der Waals surface area contributed by atoms with Gasteiger partial charge >= 0.3 is 0 Å². The van der Waals surface area contributed by atoms with Crippen molar-refractivity contribution in [2.24, 2.45) is 5.92 Å². The third kappa shape index (κ3) is 3.33. The van der Waals surface area contributed by atoms with E-state index in [1.54, 1.807) is 5.57 Å². The van der Waals surface area contributed by atoms with Crippen LogP contribution in [0.25, 0.3) is 0 Å². The molecule has 1 aliphatic carbocycles. The number of likely N-dealkylation sites (N-methyl/N-ethyl adjacent to an activating group) is 1. The van der Waals surface area contributed by atoms with Gasteiger partial charge in [-0.3, -0.25) is 0 Å². The van der Waals surface area contributed by atoms with Crippen LogP contribution in [0.1, 0.15) is 44.9 Å². The van der Waals surface area contributed by atoms with Gasteiger partial charge in [0.15, 0.2) is 0 Å². The summed E-state index contributed by atoms with van der Waals surface area (Å²) in [6, 6.07) is 0.602. The largest absolute Gasteiger partial charge is 0.381 e. The van der Waals surface area contributed by atoms with E-state index in [2.05, 4.69) is 18.4 Å². The lowest BCUT2D eigenvalue weighted by Crippen LogP contribution is -2.30. The molecule has 1 saturated heterocycles. The lowest BCUT2D eigenvalue weighted by atomic mass is 9.92. The Morgan fingerprint density at radius 3 is 3.12 bits per heavy atom. The molecule has 1 fully saturated rings. The van der Waals surface area contributed by atoms with E-state index in [1.807, 2.05) is 0 Å². The summed E-state index contributed by atoms with van der Waals surface area (Å²) in [6.45, 7) is 1.95. The minimum absolute atomic E-state index is 0.602. The SMILES string of the molecule is CNC(CC1CCOC1)C1=CCCCCC1. The molecule has 2 nitrogen and oxygen atoms in total. The Hall–Kier alpha value is -0.340. The zero-order valence-corrected chi connectivity index (χ0v) is 10.5. The first kappa shape index (κ1) is 12.1. The van der Waals surface area contributed by atoms with Gasteiger partial charge < -0.3 is 10.1 Å². The molecule has 2 heteroatoms. The lowest BCUT2D eigenvalue weighted by molar-refractivity contribution is 0.182. The minimum Gasteiger partial charge on any atom is -0.381 e. The van der Waals surface area contributed by atoms with Crippen LogP contribution in [-0.4, -0.2) is 26.3 Å². The molecule has 2 unspecified atom stereocenters. The molecular weight excluding hydrogens is 198 g/mol. The molecule has 0 aromatic rings. The van der Waals surface area contributed by atoms with Gasteiger partial charge in [0.25, 0.3) is 0 Å². The van der Waals surface area contributed by atoms with Crippen LogP contribution in [0.5, 0.6) is 0 Å². The van der Waals surface area contributed by atoms with E-state index in [4.69, 9.17) is 4.74 Å². The van der Waals surface area contributed by atoms with Crippen LogP contribution in [0.15, 0.2) is 11.6 Å². The summed E-state index contributed by atoms with van der Waals surface area (Å²) in [5.41, 5.74) is 1.66. The van der Waals surface area contributed by atoms with Crippen molar-refractivity contribution in [3.63, 3.8) is 0 Å². The summed E-state index contributed by atoms with van der Waals surface area (Å²) >= 11 is 0. The highest BCUT2D eigenvalue weighted by Gasteiger charge is 2.22. The highest BCUT2D eigenvalue weighted by atomic mass is 16.5. The Labute approximate surface area is 99.4 Å². The average Bonchev–Trinajstić information content (AvgIpc) is 2.67. The van der Waals surface area contributed by atoms with E-state index >= 15 is 0 Å². The van der Waals surface area contributed by atoms with Crippen LogP contribution < -0.4 is 5.32 Å². The Balaban J connectivity index is 1.89. The summed E-state index contributed by atoms with van der Waals surface area (Å²) in [5, 5.41) is 3.50. The van der Waals surface area contributed by atoms with Crippen molar-refractivity contribution in [3.05, 3.63) is 11.6 Å². The molecule has 2 aliphatic rings. The molecule has 0 saturated carbocycles. The van der Waals surface area contributed by atoms with Gasteiger partial charge in [-0.05, 0) is 51.5 Å². The molecule has 0 bridgehead atoms. The second kappa shape index (κ2) is 6.41. The average molecular weight is 223 g/mol. The highest BCUT2D eigenvalue weighted by Crippen LogP contribution is 2.26. The number of hydrogen-bond acceptors (Lipinski definition) is 2. The van der Waals surface area contributed by atoms with Gasteiger partial charge in [-0.25, -0.2) is 0 Å². The first-order valence-corrected chi connectivity index (χ1v) is 6.84. The molecule has 0 aromatic carbocycles. The third-order valence-corrected chi connectivity index (χ3v) is 3.97.